The molecule has 2 heterocycles. The fraction of sp³-hybridized carbons (Fsp3) is 0.526. The number of fused-ring (bicyclic) bond motifs is 2. The van der Waals surface area contributed by atoms with Crippen LogP contribution >= 0.6 is 12.2 Å². The highest BCUT2D eigenvalue weighted by molar-refractivity contribution is 7.78. The second-order valence-corrected chi connectivity index (χ2v) is 7.32. The van der Waals surface area contributed by atoms with Crippen LogP contribution in [0.4, 0.5) is 0 Å². The van der Waals surface area contributed by atoms with Gasteiger partial charge in [0.15, 0.2) is 0 Å². The Morgan fingerprint density at radius 1 is 1.43 bits per heavy atom. The number of aromatic amines is 1. The fourth-order valence-electron chi connectivity index (χ4n) is 4.83. The number of likely N-dealkylation sites (tertiary alicyclic amines) is 1. The molecule has 1 aromatic carbocycles. The highest BCUT2D eigenvalue weighted by Crippen LogP contribution is 2.44. The molecule has 0 amide bonds. The molecule has 3 atom stereocenters. The molecule has 2 aromatic rings. The van der Waals surface area contributed by atoms with Crippen molar-refractivity contribution in [2.24, 2.45) is 0 Å². The molecule has 23 heavy (non-hydrogen) atoms. The fourth-order valence-corrected chi connectivity index (χ4v) is 5.02. The Balaban J connectivity index is 1.80. The maximum absolute atomic E-state index is 5.05. The third kappa shape index (κ3) is 2.39. The number of hydrogen-bond acceptors (Lipinski definition) is 2. The van der Waals surface area contributed by atoms with Gasteiger partial charge in [-0.25, -0.2) is 0 Å². The molecule has 2 N–H and O–H groups in total. The van der Waals surface area contributed by atoms with Gasteiger partial charge in [-0.2, -0.15) is 0 Å². The average Bonchev–Trinajstić information content (AvgIpc) is 2.86. The summed E-state index contributed by atoms with van der Waals surface area (Å²) < 4.78 is 0. The first-order valence-electron chi connectivity index (χ1n) is 8.76. The Hall–Kier alpha value is -1.39. The van der Waals surface area contributed by atoms with Crippen LogP contribution in [-0.2, 0) is 6.42 Å². The average molecular weight is 327 g/mol. The topological polar surface area (TPSA) is 31.1 Å². The van der Waals surface area contributed by atoms with Gasteiger partial charge in [0.2, 0.25) is 0 Å². The minimum atomic E-state index is 0.470. The first-order valence-corrected chi connectivity index (χ1v) is 9.23. The number of benzene rings is 1. The van der Waals surface area contributed by atoms with Gasteiger partial charge in [0.05, 0.1) is 5.49 Å². The number of aromatic nitrogens is 1. The third-order valence-electron chi connectivity index (χ3n) is 5.73. The summed E-state index contributed by atoms with van der Waals surface area (Å²) in [6, 6.07) is 7.87. The van der Waals surface area contributed by atoms with Crippen LogP contribution in [0.5, 0.6) is 0 Å². The zero-order valence-corrected chi connectivity index (χ0v) is 14.7. The van der Waals surface area contributed by atoms with Crippen LogP contribution in [0, 0.1) is 6.92 Å². The lowest BCUT2D eigenvalue weighted by Crippen LogP contribution is -2.55. The second-order valence-electron chi connectivity index (χ2n) is 7.09. The Labute approximate surface area is 143 Å². The maximum Gasteiger partial charge on any atom is 0.0617 e. The molecule has 2 aliphatic rings. The van der Waals surface area contributed by atoms with Crippen LogP contribution < -0.4 is 5.32 Å². The molecule has 4 heteroatoms. The molecule has 122 valence electrons. The summed E-state index contributed by atoms with van der Waals surface area (Å²) in [4.78, 5) is 6.29. The lowest BCUT2D eigenvalue weighted by Gasteiger charge is -2.47. The van der Waals surface area contributed by atoms with Crippen molar-refractivity contribution in [3.63, 3.8) is 0 Å². The third-order valence-corrected chi connectivity index (χ3v) is 5.86. The minimum absolute atomic E-state index is 0.470. The molecule has 1 aromatic heterocycles. The van der Waals surface area contributed by atoms with E-state index in [1.54, 1.807) is 11.1 Å². The van der Waals surface area contributed by atoms with Gasteiger partial charge in [-0.3, -0.25) is 4.90 Å². The molecular weight excluding hydrogens is 302 g/mol. The van der Waals surface area contributed by atoms with Crippen molar-refractivity contribution in [2.45, 2.75) is 51.1 Å². The van der Waals surface area contributed by atoms with E-state index in [9.17, 15) is 0 Å². The van der Waals surface area contributed by atoms with Gasteiger partial charge in [0.25, 0.3) is 0 Å². The van der Waals surface area contributed by atoms with E-state index in [0.717, 1.165) is 6.54 Å². The standard InChI is InChI=1S/C19H25N3S/c1-3-7-22-10-13(20-11-23)8-16-14-5-4-6-17-19(14)15(9-18(16)22)12(2)21-17/h4-6,11,13,16,18,21H,3,7-10H2,1-2H3,(H,20,23)/t13-,16+,18+/m0/s1. The SMILES string of the molecule is CCCN1C[C@@H](NC=S)C[C@@H]2c3cccc4[nH]c(C)c(c34)C[C@H]21. The quantitative estimate of drug-likeness (QED) is 0.843. The van der Waals surface area contributed by atoms with Gasteiger partial charge >= 0.3 is 0 Å². The summed E-state index contributed by atoms with van der Waals surface area (Å²) in [5, 5.41) is 4.90. The lowest BCUT2D eigenvalue weighted by atomic mass is 9.73. The molecule has 0 bridgehead atoms. The molecule has 3 nitrogen and oxygen atoms in total. The Kier molecular flexibility index (Phi) is 3.90. The molecule has 1 aliphatic carbocycles. The Morgan fingerprint density at radius 3 is 3.09 bits per heavy atom. The van der Waals surface area contributed by atoms with Crippen molar-refractivity contribution >= 4 is 28.6 Å². The van der Waals surface area contributed by atoms with Gasteiger partial charge < -0.3 is 10.3 Å². The number of aryl methyl sites for hydroxylation is 1. The van der Waals surface area contributed by atoms with Crippen LogP contribution in [0.1, 0.15) is 42.5 Å². The molecule has 1 saturated heterocycles. The van der Waals surface area contributed by atoms with Crippen LogP contribution in [0.15, 0.2) is 18.2 Å². The van der Waals surface area contributed by atoms with Gasteiger partial charge in [0.1, 0.15) is 0 Å². The number of hydrogen-bond donors (Lipinski definition) is 2. The van der Waals surface area contributed by atoms with Gasteiger partial charge in [-0.05, 0) is 49.9 Å². The van der Waals surface area contributed by atoms with Crippen LogP contribution in [0.3, 0.4) is 0 Å². The van der Waals surface area contributed by atoms with E-state index in [0.29, 0.717) is 18.0 Å². The number of rotatable bonds is 4. The highest BCUT2D eigenvalue weighted by atomic mass is 32.1. The zero-order valence-electron chi connectivity index (χ0n) is 13.9. The maximum atomic E-state index is 5.05. The van der Waals surface area contributed by atoms with Crippen molar-refractivity contribution in [1.29, 1.82) is 0 Å². The van der Waals surface area contributed by atoms with Gasteiger partial charge in [-0.1, -0.05) is 31.3 Å². The number of H-pyrrole nitrogens is 1. The summed E-state index contributed by atoms with van der Waals surface area (Å²) in [5.41, 5.74) is 7.43. The number of thiocarbonyl (C=S) groups is 1. The van der Waals surface area contributed by atoms with Crippen LogP contribution in [0.25, 0.3) is 10.9 Å². The predicted molar refractivity (Wildman–Crippen MR) is 100 cm³/mol. The number of nitrogens with one attached hydrogen (secondary N) is 2. The van der Waals surface area contributed by atoms with E-state index in [1.165, 1.54) is 48.0 Å². The number of nitrogens with zero attached hydrogens (tertiary/aromatic N) is 1. The molecule has 0 unspecified atom stereocenters. The minimum Gasteiger partial charge on any atom is -0.378 e. The van der Waals surface area contributed by atoms with E-state index >= 15 is 0 Å². The van der Waals surface area contributed by atoms with E-state index < -0.39 is 0 Å². The second kappa shape index (κ2) is 5.91. The zero-order chi connectivity index (χ0) is 16.0. The molecular formula is C19H25N3S. The van der Waals surface area contributed by atoms with E-state index in [4.69, 9.17) is 12.2 Å². The lowest BCUT2D eigenvalue weighted by molar-refractivity contribution is 0.105. The first-order chi connectivity index (χ1) is 11.2. The largest absolute Gasteiger partial charge is 0.378 e. The number of piperidine rings is 1. The van der Waals surface area contributed by atoms with Crippen molar-refractivity contribution in [1.82, 2.24) is 15.2 Å². The van der Waals surface area contributed by atoms with Gasteiger partial charge in [-0.15, -0.1) is 0 Å². The van der Waals surface area contributed by atoms with Gasteiger partial charge in [0, 0.05) is 41.1 Å². The summed E-state index contributed by atoms with van der Waals surface area (Å²) in [6.45, 7) is 6.78. The summed E-state index contributed by atoms with van der Waals surface area (Å²) in [6.07, 6.45) is 3.56. The molecule has 4 rings (SSSR count). The van der Waals surface area contributed by atoms with Crippen LogP contribution in [-0.4, -0.2) is 40.5 Å². The molecule has 0 spiro atoms. The Bertz CT molecular complexity index is 736. The molecule has 0 radical (unpaired) electrons. The monoisotopic (exact) mass is 327 g/mol. The summed E-state index contributed by atoms with van der Waals surface area (Å²) in [5.74, 6) is 0.606. The summed E-state index contributed by atoms with van der Waals surface area (Å²) >= 11 is 5.05. The van der Waals surface area contributed by atoms with E-state index in [1.807, 2.05) is 0 Å². The molecule has 1 fully saturated rings. The normalized spacial score (nSPS) is 27.0. The Morgan fingerprint density at radius 2 is 2.30 bits per heavy atom. The van der Waals surface area contributed by atoms with Crippen molar-refractivity contribution < 1.29 is 0 Å². The highest BCUT2D eigenvalue weighted by Gasteiger charge is 2.40. The predicted octanol–water partition coefficient (Wildman–Crippen LogP) is 3.52. The van der Waals surface area contributed by atoms with Crippen molar-refractivity contribution in [3.8, 4) is 0 Å². The van der Waals surface area contributed by atoms with Crippen LogP contribution in [0.2, 0.25) is 0 Å². The summed E-state index contributed by atoms with van der Waals surface area (Å²) in [7, 11) is 0. The molecule has 0 saturated carbocycles. The smallest absolute Gasteiger partial charge is 0.0617 e. The van der Waals surface area contributed by atoms with Crippen molar-refractivity contribution in [3.05, 3.63) is 35.0 Å². The van der Waals surface area contributed by atoms with E-state index in [-0.39, 0.29) is 0 Å². The van der Waals surface area contributed by atoms with Crippen molar-refractivity contribution in [2.75, 3.05) is 13.1 Å². The molecule has 1 aliphatic heterocycles. The first kappa shape index (κ1) is 15.2. The van der Waals surface area contributed by atoms with E-state index in [2.05, 4.69) is 47.2 Å².